The van der Waals surface area contributed by atoms with Crippen LogP contribution in [0.25, 0.3) is 11.1 Å². The molecule has 3 aliphatic rings. The summed E-state index contributed by atoms with van der Waals surface area (Å²) in [7, 11) is 0. The number of nitrogens with zero attached hydrogens (tertiary/aromatic N) is 4. The molecule has 1 aliphatic heterocycles. The Morgan fingerprint density at radius 2 is 1.39 bits per heavy atom. The third-order valence-corrected chi connectivity index (χ3v) is 12.3. The molecule has 0 N–H and O–H groups in total. The van der Waals surface area contributed by atoms with Gasteiger partial charge in [0.25, 0.3) is 11.3 Å². The van der Waals surface area contributed by atoms with Gasteiger partial charge in [0.1, 0.15) is 12.1 Å². The third-order valence-electron chi connectivity index (χ3n) is 11.2. The Bertz CT molecular complexity index is 2210. The van der Waals surface area contributed by atoms with Crippen LogP contribution in [0.15, 0.2) is 94.9 Å². The summed E-state index contributed by atoms with van der Waals surface area (Å²) in [5.41, 5.74) is 5.25. The summed E-state index contributed by atoms with van der Waals surface area (Å²) < 4.78 is 51.1. The van der Waals surface area contributed by atoms with Gasteiger partial charge >= 0.3 is 18.1 Å². The molecule has 2 fully saturated rings. The molecule has 1 aromatic heterocycles. The molecular formula is C48H57F3N4O6S. The molecule has 3 aromatic carbocycles. The quantitative estimate of drug-likeness (QED) is 0.0427. The predicted octanol–water partition coefficient (Wildman–Crippen LogP) is 9.33. The van der Waals surface area contributed by atoms with Gasteiger partial charge in [-0.1, -0.05) is 112 Å². The molecule has 1 saturated heterocycles. The number of thioether (sulfide) groups is 1. The van der Waals surface area contributed by atoms with E-state index in [1.54, 1.807) is 0 Å². The molecule has 62 heavy (non-hydrogen) atoms. The van der Waals surface area contributed by atoms with Crippen molar-refractivity contribution in [3.63, 3.8) is 0 Å². The van der Waals surface area contributed by atoms with Gasteiger partial charge in [0.05, 0.1) is 5.56 Å². The van der Waals surface area contributed by atoms with Gasteiger partial charge in [0.2, 0.25) is 5.91 Å². The number of hydrogen-bond acceptors (Lipinski definition) is 9. The molecule has 1 spiro atoms. The molecule has 332 valence electrons. The number of rotatable bonds is 13. The zero-order valence-electron chi connectivity index (χ0n) is 36.3. The lowest BCUT2D eigenvalue weighted by atomic mass is 10.0. The van der Waals surface area contributed by atoms with E-state index in [1.165, 1.54) is 29.5 Å². The minimum atomic E-state index is -4.38. The maximum absolute atomic E-state index is 14.1. The first-order valence-electron chi connectivity index (χ1n) is 21.4. The standard InChI is InChI=1S/C37H41F3N4O2S.C9H10O4.C2H6/c1-4-42(5-2)21-22-43(23-27-13-15-29(16-14-27)30-17-19-31(20-18-30)37(38,39)40)34(45)24-44-33-8-6-7-32(33)35(46)41-36(44)47-25-28-11-9-26(3)10-12-28;1-6-7(10)12-9(13-8(6)11)4-2-3-5-9;1-2/h9-20H,4-8,21-25H2,1-3H3;1-5H2;1-2H3. The number of amides is 1. The molecular weight excluding hydrogens is 818 g/mol. The van der Waals surface area contributed by atoms with Gasteiger partial charge in [-0.2, -0.15) is 18.2 Å². The molecule has 10 nitrogen and oxygen atoms in total. The highest BCUT2D eigenvalue weighted by Gasteiger charge is 2.47. The van der Waals surface area contributed by atoms with Crippen molar-refractivity contribution in [1.29, 1.82) is 0 Å². The number of aromatic nitrogens is 2. The molecule has 0 bridgehead atoms. The number of fused-ring (bicyclic) bond motifs is 1. The van der Waals surface area contributed by atoms with Crippen LogP contribution in [-0.4, -0.2) is 69.2 Å². The molecule has 4 aromatic rings. The predicted molar refractivity (Wildman–Crippen MR) is 235 cm³/mol. The van der Waals surface area contributed by atoms with Crippen LogP contribution in [0.4, 0.5) is 13.2 Å². The summed E-state index contributed by atoms with van der Waals surface area (Å²) in [5.74, 6) is -1.66. The Balaban J connectivity index is 0.000000407. The number of carbonyl (C=O) groups is 3. The monoisotopic (exact) mass is 874 g/mol. The number of carbonyl (C=O) groups excluding carboxylic acids is 3. The normalized spacial score (nSPS) is 15.3. The van der Waals surface area contributed by atoms with E-state index in [0.717, 1.165) is 79.8 Å². The molecule has 0 atom stereocenters. The zero-order valence-corrected chi connectivity index (χ0v) is 37.1. The largest absolute Gasteiger partial charge is 0.419 e. The maximum Gasteiger partial charge on any atom is 0.416 e. The SMILES string of the molecule is C=C1C(=O)OC2(CCCC2)OC1=O.CC.CCN(CC)CCN(Cc1ccc(-c2ccc(C(F)(F)F)cc2)cc1)C(=O)Cn1c(SCc2ccc(C)cc2)nc(=O)c2c1CCC2. The van der Waals surface area contributed by atoms with Crippen molar-refractivity contribution >= 4 is 29.6 Å². The summed E-state index contributed by atoms with van der Waals surface area (Å²) in [6.45, 7) is 17.0. The molecule has 2 heterocycles. The second kappa shape index (κ2) is 21.7. The highest BCUT2D eigenvalue weighted by atomic mass is 32.2. The second-order valence-electron chi connectivity index (χ2n) is 15.3. The summed E-state index contributed by atoms with van der Waals surface area (Å²) in [4.78, 5) is 58.0. The van der Waals surface area contributed by atoms with Crippen molar-refractivity contribution < 1.29 is 37.0 Å². The number of aryl methyl sites for hydroxylation is 1. The minimum absolute atomic E-state index is 0.0549. The Kier molecular flexibility index (Phi) is 16.8. The average Bonchev–Trinajstić information content (AvgIpc) is 3.95. The Morgan fingerprint density at radius 3 is 1.95 bits per heavy atom. The van der Waals surface area contributed by atoms with Crippen molar-refractivity contribution in [3.8, 4) is 11.1 Å². The zero-order chi connectivity index (χ0) is 45.0. The van der Waals surface area contributed by atoms with Crippen molar-refractivity contribution in [2.75, 3.05) is 26.2 Å². The molecule has 14 heteroatoms. The van der Waals surface area contributed by atoms with Gasteiger partial charge in [-0.3, -0.25) is 9.59 Å². The van der Waals surface area contributed by atoms with E-state index in [9.17, 15) is 32.3 Å². The fourth-order valence-electron chi connectivity index (χ4n) is 7.58. The topological polar surface area (TPSA) is 111 Å². The van der Waals surface area contributed by atoms with E-state index in [2.05, 4.69) is 54.6 Å². The number of benzene rings is 3. The van der Waals surface area contributed by atoms with Crippen molar-refractivity contribution in [2.24, 2.45) is 0 Å². The molecule has 1 saturated carbocycles. The van der Waals surface area contributed by atoms with E-state index in [4.69, 9.17) is 9.47 Å². The number of hydrogen-bond donors (Lipinski definition) is 0. The maximum atomic E-state index is 14.1. The Morgan fingerprint density at radius 1 is 0.823 bits per heavy atom. The molecule has 0 radical (unpaired) electrons. The van der Waals surface area contributed by atoms with E-state index >= 15 is 0 Å². The van der Waals surface area contributed by atoms with Crippen LogP contribution in [0, 0.1) is 6.92 Å². The Labute approximate surface area is 366 Å². The van der Waals surface area contributed by atoms with Crippen molar-refractivity contribution in [1.82, 2.24) is 19.4 Å². The van der Waals surface area contributed by atoms with Gasteiger partial charge in [0, 0.05) is 49.5 Å². The molecule has 1 amide bonds. The first-order valence-corrected chi connectivity index (χ1v) is 22.4. The van der Waals surface area contributed by atoms with Gasteiger partial charge < -0.3 is 23.8 Å². The van der Waals surface area contributed by atoms with Crippen LogP contribution in [0.1, 0.15) is 93.3 Å². The summed E-state index contributed by atoms with van der Waals surface area (Å²) in [5, 5.41) is 0.564. The van der Waals surface area contributed by atoms with Crippen LogP contribution >= 0.6 is 11.8 Å². The van der Waals surface area contributed by atoms with E-state index in [-0.39, 0.29) is 23.6 Å². The summed E-state index contributed by atoms with van der Waals surface area (Å²) in [6, 6.07) is 21.0. The van der Waals surface area contributed by atoms with E-state index in [0.29, 0.717) is 54.4 Å². The first-order chi connectivity index (χ1) is 29.7. The Hall–Kier alpha value is -5.21. The first kappa shape index (κ1) is 47.8. The van der Waals surface area contributed by atoms with Gasteiger partial charge in [-0.25, -0.2) is 9.59 Å². The fraction of sp³-hybridized carbons (Fsp3) is 0.438. The third kappa shape index (κ3) is 12.2. The second-order valence-corrected chi connectivity index (χ2v) is 16.3. The highest BCUT2D eigenvalue weighted by molar-refractivity contribution is 7.98. The minimum Gasteiger partial charge on any atom is -0.419 e. The van der Waals surface area contributed by atoms with E-state index < -0.39 is 29.5 Å². The average molecular weight is 875 g/mol. The number of ether oxygens (including phenoxy) is 2. The number of esters is 2. The molecule has 2 aliphatic carbocycles. The summed E-state index contributed by atoms with van der Waals surface area (Å²) >= 11 is 1.48. The van der Waals surface area contributed by atoms with Gasteiger partial charge in [0.15, 0.2) is 5.16 Å². The lowest BCUT2D eigenvalue weighted by Gasteiger charge is -2.32. The fourth-order valence-corrected chi connectivity index (χ4v) is 8.54. The van der Waals surface area contributed by atoms with Crippen LogP contribution in [0.3, 0.4) is 0 Å². The van der Waals surface area contributed by atoms with Crippen LogP contribution in [-0.2, 0) is 61.7 Å². The van der Waals surface area contributed by atoms with Crippen LogP contribution in [0.2, 0.25) is 0 Å². The van der Waals surface area contributed by atoms with Crippen molar-refractivity contribution in [3.05, 3.63) is 129 Å². The van der Waals surface area contributed by atoms with Crippen LogP contribution < -0.4 is 5.56 Å². The number of likely N-dealkylation sites (N-methyl/N-ethyl adjacent to an activating group) is 1. The van der Waals surface area contributed by atoms with Crippen molar-refractivity contribution in [2.45, 2.75) is 116 Å². The van der Waals surface area contributed by atoms with Gasteiger partial charge in [-0.05, 0) is 86.5 Å². The molecule has 0 unspecified atom stereocenters. The smallest absolute Gasteiger partial charge is 0.416 e. The van der Waals surface area contributed by atoms with Crippen LogP contribution in [0.5, 0.6) is 0 Å². The van der Waals surface area contributed by atoms with E-state index in [1.807, 2.05) is 54.5 Å². The lowest BCUT2D eigenvalue weighted by molar-refractivity contribution is -0.232. The highest BCUT2D eigenvalue weighted by Crippen LogP contribution is 2.38. The number of alkyl halides is 3. The molecule has 7 rings (SSSR count). The number of halogens is 3. The lowest BCUT2D eigenvalue weighted by Crippen LogP contribution is -2.44. The van der Waals surface area contributed by atoms with Gasteiger partial charge in [-0.15, -0.1) is 0 Å². The summed E-state index contributed by atoms with van der Waals surface area (Å²) in [6.07, 6.45) is 0.965.